The van der Waals surface area contributed by atoms with Gasteiger partial charge in [0.1, 0.15) is 5.75 Å². The van der Waals surface area contributed by atoms with Gasteiger partial charge in [-0.3, -0.25) is 0 Å². The summed E-state index contributed by atoms with van der Waals surface area (Å²) in [5.74, 6) is 0.696. The molecular weight excluding hydrogens is 212 g/mol. The first-order valence-electron chi connectivity index (χ1n) is 4.80. The third-order valence-electron chi connectivity index (χ3n) is 2.46. The molecule has 0 unspecified atom stereocenters. The summed E-state index contributed by atoms with van der Waals surface area (Å²) in [5, 5.41) is 1.67. The van der Waals surface area contributed by atoms with Gasteiger partial charge in [-0.1, -0.05) is 11.6 Å². The van der Waals surface area contributed by atoms with Crippen LogP contribution < -0.4 is 10.5 Å². The number of nitrogens with two attached hydrogens (primary N) is 1. The number of rotatable bonds is 3. The Balaban J connectivity index is 2.65. The molecule has 0 amide bonds. The van der Waals surface area contributed by atoms with Crippen molar-refractivity contribution in [2.75, 3.05) is 13.7 Å². The summed E-state index contributed by atoms with van der Waals surface area (Å²) in [6.07, 6.45) is 2.76. The molecule has 1 aromatic carbocycles. The average Bonchev–Trinajstić information content (AvgIpc) is 2.64. The van der Waals surface area contributed by atoms with Crippen LogP contribution in [0.1, 0.15) is 5.56 Å². The van der Waals surface area contributed by atoms with Crippen LogP contribution in [0.25, 0.3) is 10.9 Å². The summed E-state index contributed by atoms with van der Waals surface area (Å²) < 4.78 is 5.18. The van der Waals surface area contributed by atoms with E-state index in [4.69, 9.17) is 22.1 Å². The topological polar surface area (TPSA) is 51.0 Å². The van der Waals surface area contributed by atoms with Gasteiger partial charge in [0, 0.05) is 17.1 Å². The van der Waals surface area contributed by atoms with Gasteiger partial charge in [0.05, 0.1) is 12.1 Å². The predicted molar refractivity (Wildman–Crippen MR) is 62.6 cm³/mol. The Hall–Kier alpha value is -1.19. The number of fused-ring (bicyclic) bond motifs is 1. The molecule has 80 valence electrons. The lowest BCUT2D eigenvalue weighted by Gasteiger charge is -2.05. The molecule has 2 rings (SSSR count). The molecule has 0 fully saturated rings. The highest BCUT2D eigenvalue weighted by Gasteiger charge is 2.10. The van der Waals surface area contributed by atoms with Crippen LogP contribution in [-0.4, -0.2) is 18.6 Å². The van der Waals surface area contributed by atoms with Crippen LogP contribution in [-0.2, 0) is 6.42 Å². The van der Waals surface area contributed by atoms with Gasteiger partial charge in [-0.15, -0.1) is 0 Å². The zero-order chi connectivity index (χ0) is 10.8. The molecule has 1 heterocycles. The second kappa shape index (κ2) is 4.13. The number of nitrogens with one attached hydrogen (secondary N) is 1. The highest BCUT2D eigenvalue weighted by Crippen LogP contribution is 2.34. The third kappa shape index (κ3) is 1.68. The number of methoxy groups -OCH3 is 1. The molecule has 0 bridgehead atoms. The van der Waals surface area contributed by atoms with Gasteiger partial charge in [-0.2, -0.15) is 0 Å². The Bertz CT molecular complexity index is 479. The number of H-pyrrole nitrogens is 1. The van der Waals surface area contributed by atoms with E-state index in [0.29, 0.717) is 17.3 Å². The highest BCUT2D eigenvalue weighted by molar-refractivity contribution is 6.37. The van der Waals surface area contributed by atoms with E-state index in [1.807, 2.05) is 18.3 Å². The molecular formula is C11H13ClN2O. The summed E-state index contributed by atoms with van der Waals surface area (Å²) in [4.78, 5) is 3.17. The predicted octanol–water partition coefficient (Wildman–Crippen LogP) is 2.33. The first-order chi connectivity index (χ1) is 7.27. The van der Waals surface area contributed by atoms with Gasteiger partial charge >= 0.3 is 0 Å². The summed E-state index contributed by atoms with van der Waals surface area (Å²) >= 11 is 6.24. The number of aromatic amines is 1. The molecule has 0 saturated heterocycles. The van der Waals surface area contributed by atoms with Crippen LogP contribution in [0.3, 0.4) is 0 Å². The SMILES string of the molecule is COc1ccc2[nH]cc(CCN)c2c1Cl. The van der Waals surface area contributed by atoms with Crippen molar-refractivity contribution < 1.29 is 4.74 Å². The van der Waals surface area contributed by atoms with Crippen molar-refractivity contribution in [3.8, 4) is 5.75 Å². The highest BCUT2D eigenvalue weighted by atomic mass is 35.5. The van der Waals surface area contributed by atoms with Crippen LogP contribution >= 0.6 is 11.6 Å². The Labute approximate surface area is 93.2 Å². The van der Waals surface area contributed by atoms with Crippen LogP contribution in [0, 0.1) is 0 Å². The van der Waals surface area contributed by atoms with E-state index in [2.05, 4.69) is 4.98 Å². The van der Waals surface area contributed by atoms with Gasteiger partial charge in [0.2, 0.25) is 0 Å². The molecule has 15 heavy (non-hydrogen) atoms. The van der Waals surface area contributed by atoms with E-state index < -0.39 is 0 Å². The standard InChI is InChI=1S/C11H13ClN2O/c1-15-9-3-2-8-10(11(9)12)7(4-5-13)6-14-8/h2-3,6,14H,4-5,13H2,1H3. The molecule has 0 aliphatic carbocycles. The zero-order valence-corrected chi connectivity index (χ0v) is 9.27. The summed E-state index contributed by atoms with van der Waals surface area (Å²) in [7, 11) is 1.61. The molecule has 4 heteroatoms. The maximum atomic E-state index is 6.24. The fourth-order valence-corrected chi connectivity index (χ4v) is 2.10. The van der Waals surface area contributed by atoms with Crippen molar-refractivity contribution in [3.05, 3.63) is 28.9 Å². The molecule has 0 saturated carbocycles. The smallest absolute Gasteiger partial charge is 0.138 e. The summed E-state index contributed by atoms with van der Waals surface area (Å²) in [6, 6.07) is 3.81. The van der Waals surface area contributed by atoms with Gasteiger partial charge in [-0.05, 0) is 30.7 Å². The zero-order valence-electron chi connectivity index (χ0n) is 8.51. The Morgan fingerprint density at radius 1 is 1.47 bits per heavy atom. The van der Waals surface area contributed by atoms with Crippen LogP contribution in [0.4, 0.5) is 0 Å². The monoisotopic (exact) mass is 224 g/mol. The number of hydrogen-bond acceptors (Lipinski definition) is 2. The molecule has 0 spiro atoms. The Morgan fingerprint density at radius 3 is 2.93 bits per heavy atom. The lowest BCUT2D eigenvalue weighted by molar-refractivity contribution is 0.415. The minimum Gasteiger partial charge on any atom is -0.495 e. The van der Waals surface area contributed by atoms with Crippen LogP contribution in [0.15, 0.2) is 18.3 Å². The molecule has 0 aliphatic heterocycles. The van der Waals surface area contributed by atoms with Gasteiger partial charge in [0.15, 0.2) is 0 Å². The van der Waals surface area contributed by atoms with Gasteiger partial charge < -0.3 is 15.5 Å². The molecule has 1 aromatic heterocycles. The molecule has 0 atom stereocenters. The fraction of sp³-hybridized carbons (Fsp3) is 0.273. The van der Waals surface area contributed by atoms with Crippen molar-refractivity contribution in [1.82, 2.24) is 4.98 Å². The van der Waals surface area contributed by atoms with E-state index in [9.17, 15) is 0 Å². The van der Waals surface area contributed by atoms with Gasteiger partial charge in [-0.25, -0.2) is 0 Å². The fourth-order valence-electron chi connectivity index (χ4n) is 1.74. The largest absolute Gasteiger partial charge is 0.495 e. The van der Waals surface area contributed by atoms with E-state index in [1.165, 1.54) is 0 Å². The van der Waals surface area contributed by atoms with Crippen molar-refractivity contribution in [3.63, 3.8) is 0 Å². The van der Waals surface area contributed by atoms with E-state index in [1.54, 1.807) is 7.11 Å². The van der Waals surface area contributed by atoms with Crippen molar-refractivity contribution in [1.29, 1.82) is 0 Å². The quantitative estimate of drug-likeness (QED) is 0.841. The van der Waals surface area contributed by atoms with Gasteiger partial charge in [0.25, 0.3) is 0 Å². The summed E-state index contributed by atoms with van der Waals surface area (Å²) in [6.45, 7) is 0.612. The second-order valence-corrected chi connectivity index (χ2v) is 3.73. The average molecular weight is 225 g/mol. The van der Waals surface area contributed by atoms with E-state index in [-0.39, 0.29) is 0 Å². The maximum absolute atomic E-state index is 6.24. The number of ether oxygens (including phenoxy) is 1. The van der Waals surface area contributed by atoms with Crippen molar-refractivity contribution in [2.45, 2.75) is 6.42 Å². The molecule has 3 nitrogen and oxygen atoms in total. The lowest BCUT2D eigenvalue weighted by Crippen LogP contribution is -2.02. The minimum atomic E-state index is 0.612. The number of benzene rings is 1. The summed E-state index contributed by atoms with van der Waals surface area (Å²) in [5.41, 5.74) is 7.70. The molecule has 3 N–H and O–H groups in total. The minimum absolute atomic E-state index is 0.612. The lowest BCUT2D eigenvalue weighted by atomic mass is 10.1. The van der Waals surface area contributed by atoms with Crippen LogP contribution in [0.2, 0.25) is 5.02 Å². The van der Waals surface area contributed by atoms with Crippen LogP contribution in [0.5, 0.6) is 5.75 Å². The molecule has 0 radical (unpaired) electrons. The Morgan fingerprint density at radius 2 is 2.27 bits per heavy atom. The number of hydrogen-bond donors (Lipinski definition) is 2. The first-order valence-corrected chi connectivity index (χ1v) is 5.18. The normalized spacial score (nSPS) is 10.9. The third-order valence-corrected chi connectivity index (χ3v) is 2.84. The molecule has 2 aromatic rings. The maximum Gasteiger partial charge on any atom is 0.138 e. The molecule has 0 aliphatic rings. The number of aromatic nitrogens is 1. The van der Waals surface area contributed by atoms with E-state index in [0.717, 1.165) is 22.9 Å². The number of halogens is 1. The van der Waals surface area contributed by atoms with Crippen molar-refractivity contribution >= 4 is 22.5 Å². The second-order valence-electron chi connectivity index (χ2n) is 3.36. The van der Waals surface area contributed by atoms with E-state index >= 15 is 0 Å². The Kier molecular flexibility index (Phi) is 2.84. The van der Waals surface area contributed by atoms with Crippen molar-refractivity contribution in [2.24, 2.45) is 5.73 Å². The first kappa shape index (κ1) is 10.3.